The van der Waals surface area contributed by atoms with Gasteiger partial charge in [0.2, 0.25) is 17.7 Å². The maximum absolute atomic E-state index is 12.8. The van der Waals surface area contributed by atoms with E-state index in [4.69, 9.17) is 0 Å². The fraction of sp³-hybridized carbons (Fsp3) is 0.889. The van der Waals surface area contributed by atoms with Gasteiger partial charge in [0.05, 0.1) is 0 Å². The Hall–Kier alpha value is -1.59. The summed E-state index contributed by atoms with van der Waals surface area (Å²) in [5, 5.41) is 5.69. The highest BCUT2D eigenvalue weighted by Crippen LogP contribution is 2.10. The van der Waals surface area contributed by atoms with Crippen molar-refractivity contribution in [1.29, 1.82) is 0 Å². The number of rotatable bonds is 23. The van der Waals surface area contributed by atoms with Crippen molar-refractivity contribution in [1.82, 2.24) is 15.5 Å². The lowest BCUT2D eigenvalue weighted by Crippen LogP contribution is -2.37. The SMILES string of the molecule is CCCCCCCCN(CCCCCCCC)C(=O)CC(=O)NCCCCCCNC(C)=O. The van der Waals surface area contributed by atoms with Gasteiger partial charge in [-0.1, -0.05) is 90.9 Å². The summed E-state index contributed by atoms with van der Waals surface area (Å²) in [6, 6.07) is 0. The molecule has 0 aromatic heterocycles. The molecule has 3 amide bonds. The Morgan fingerprint density at radius 3 is 1.48 bits per heavy atom. The van der Waals surface area contributed by atoms with Crippen molar-refractivity contribution in [2.45, 2.75) is 130 Å². The molecule has 0 aliphatic rings. The van der Waals surface area contributed by atoms with E-state index in [1.54, 1.807) is 0 Å². The molecule has 0 radical (unpaired) electrons. The number of amides is 3. The average Bonchev–Trinajstić information content (AvgIpc) is 2.78. The molecular formula is C27H53N3O3. The first-order valence-corrected chi connectivity index (χ1v) is 13.8. The zero-order valence-electron chi connectivity index (χ0n) is 22.0. The molecule has 0 aromatic carbocycles. The Labute approximate surface area is 204 Å². The zero-order valence-corrected chi connectivity index (χ0v) is 22.0. The fourth-order valence-corrected chi connectivity index (χ4v) is 3.93. The molecule has 0 saturated carbocycles. The Kier molecular flexibility index (Phi) is 22.4. The maximum atomic E-state index is 12.8. The molecule has 6 nitrogen and oxygen atoms in total. The summed E-state index contributed by atoms with van der Waals surface area (Å²) < 4.78 is 0. The van der Waals surface area contributed by atoms with Crippen molar-refractivity contribution in [3.63, 3.8) is 0 Å². The van der Waals surface area contributed by atoms with Crippen molar-refractivity contribution < 1.29 is 14.4 Å². The second-order valence-corrected chi connectivity index (χ2v) is 9.34. The van der Waals surface area contributed by atoms with Crippen LogP contribution in [0.4, 0.5) is 0 Å². The minimum atomic E-state index is -0.158. The van der Waals surface area contributed by atoms with Crippen LogP contribution >= 0.6 is 0 Å². The summed E-state index contributed by atoms with van der Waals surface area (Å²) >= 11 is 0. The molecule has 0 aliphatic heterocycles. The van der Waals surface area contributed by atoms with Gasteiger partial charge in [-0.2, -0.15) is 0 Å². The normalized spacial score (nSPS) is 10.8. The number of unbranched alkanes of at least 4 members (excludes halogenated alkanes) is 13. The quantitative estimate of drug-likeness (QED) is 0.149. The molecule has 0 spiro atoms. The topological polar surface area (TPSA) is 78.5 Å². The predicted molar refractivity (Wildman–Crippen MR) is 138 cm³/mol. The maximum Gasteiger partial charge on any atom is 0.232 e. The van der Waals surface area contributed by atoms with E-state index in [2.05, 4.69) is 24.5 Å². The minimum absolute atomic E-state index is 0.00830. The first-order chi connectivity index (χ1) is 16.0. The third kappa shape index (κ3) is 22.0. The van der Waals surface area contributed by atoms with Gasteiger partial charge in [0.25, 0.3) is 0 Å². The number of nitrogens with zero attached hydrogens (tertiary/aromatic N) is 1. The highest BCUT2D eigenvalue weighted by atomic mass is 16.2. The van der Waals surface area contributed by atoms with Crippen LogP contribution < -0.4 is 10.6 Å². The molecule has 0 heterocycles. The van der Waals surface area contributed by atoms with Crippen LogP contribution in [0.25, 0.3) is 0 Å². The van der Waals surface area contributed by atoms with Crippen LogP contribution in [0.2, 0.25) is 0 Å². The largest absolute Gasteiger partial charge is 0.356 e. The molecule has 2 N–H and O–H groups in total. The van der Waals surface area contributed by atoms with E-state index in [0.29, 0.717) is 13.1 Å². The highest BCUT2D eigenvalue weighted by molar-refractivity contribution is 5.96. The van der Waals surface area contributed by atoms with Crippen LogP contribution in [0.5, 0.6) is 0 Å². The number of hydrogen-bond donors (Lipinski definition) is 2. The molecule has 0 bridgehead atoms. The first-order valence-electron chi connectivity index (χ1n) is 13.8. The highest BCUT2D eigenvalue weighted by Gasteiger charge is 2.16. The molecule has 0 rings (SSSR count). The summed E-state index contributed by atoms with van der Waals surface area (Å²) in [5.74, 6) is -0.173. The molecule has 194 valence electrons. The third-order valence-electron chi connectivity index (χ3n) is 6.03. The molecule has 6 heteroatoms. The van der Waals surface area contributed by atoms with Gasteiger partial charge >= 0.3 is 0 Å². The van der Waals surface area contributed by atoms with E-state index in [0.717, 1.165) is 64.5 Å². The lowest BCUT2D eigenvalue weighted by atomic mass is 10.1. The molecule has 0 unspecified atom stereocenters. The average molecular weight is 468 g/mol. The molecule has 0 aromatic rings. The van der Waals surface area contributed by atoms with Crippen LogP contribution in [-0.4, -0.2) is 48.8 Å². The van der Waals surface area contributed by atoms with E-state index in [-0.39, 0.29) is 24.1 Å². The number of hydrogen-bond acceptors (Lipinski definition) is 3. The van der Waals surface area contributed by atoms with Gasteiger partial charge in [0.1, 0.15) is 6.42 Å². The van der Waals surface area contributed by atoms with E-state index < -0.39 is 0 Å². The van der Waals surface area contributed by atoms with E-state index in [1.165, 1.54) is 58.3 Å². The van der Waals surface area contributed by atoms with Crippen LogP contribution in [0.3, 0.4) is 0 Å². The van der Waals surface area contributed by atoms with Crippen LogP contribution in [0.15, 0.2) is 0 Å². The molecule has 0 aliphatic carbocycles. The lowest BCUT2D eigenvalue weighted by Gasteiger charge is -2.23. The molecule has 0 fully saturated rings. The van der Waals surface area contributed by atoms with Crippen LogP contribution in [0.1, 0.15) is 130 Å². The van der Waals surface area contributed by atoms with Crippen molar-refractivity contribution in [3.05, 3.63) is 0 Å². The van der Waals surface area contributed by atoms with Gasteiger partial charge in [-0.05, 0) is 25.7 Å². The molecular weight excluding hydrogens is 414 g/mol. The van der Waals surface area contributed by atoms with Crippen LogP contribution in [0, 0.1) is 0 Å². The summed E-state index contributed by atoms with van der Waals surface area (Å²) in [5.41, 5.74) is 0. The van der Waals surface area contributed by atoms with Crippen molar-refractivity contribution in [2.75, 3.05) is 26.2 Å². The van der Waals surface area contributed by atoms with Crippen molar-refractivity contribution in [3.8, 4) is 0 Å². The number of carbonyl (C=O) groups excluding carboxylic acids is 3. The standard InChI is InChI=1S/C27H53N3O3/c1-4-6-8-10-14-18-22-30(23-19-15-11-9-7-5-2)27(33)24-26(32)29-21-17-13-12-16-20-28-25(3)31/h4-24H2,1-3H3,(H,28,31)(H,29,32). The second-order valence-electron chi connectivity index (χ2n) is 9.34. The van der Waals surface area contributed by atoms with E-state index in [9.17, 15) is 14.4 Å². The number of carbonyl (C=O) groups is 3. The zero-order chi connectivity index (χ0) is 24.6. The summed E-state index contributed by atoms with van der Waals surface area (Å²) in [4.78, 5) is 37.8. The summed E-state index contributed by atoms with van der Waals surface area (Å²) in [6.07, 6.45) is 18.3. The second kappa shape index (κ2) is 23.6. The Morgan fingerprint density at radius 2 is 1.00 bits per heavy atom. The Morgan fingerprint density at radius 1 is 0.576 bits per heavy atom. The molecule has 0 atom stereocenters. The number of nitrogens with one attached hydrogen (secondary N) is 2. The lowest BCUT2D eigenvalue weighted by molar-refractivity contribution is -0.136. The predicted octanol–water partition coefficient (Wildman–Crippen LogP) is 5.74. The van der Waals surface area contributed by atoms with E-state index in [1.807, 2.05) is 4.90 Å². The van der Waals surface area contributed by atoms with Crippen molar-refractivity contribution in [2.24, 2.45) is 0 Å². The molecule has 0 saturated heterocycles. The van der Waals surface area contributed by atoms with Gasteiger partial charge in [0, 0.05) is 33.1 Å². The third-order valence-corrected chi connectivity index (χ3v) is 6.03. The fourth-order valence-electron chi connectivity index (χ4n) is 3.93. The Balaban J connectivity index is 4.15. The van der Waals surface area contributed by atoms with Crippen molar-refractivity contribution >= 4 is 17.7 Å². The monoisotopic (exact) mass is 467 g/mol. The van der Waals surface area contributed by atoms with Crippen LogP contribution in [-0.2, 0) is 14.4 Å². The van der Waals surface area contributed by atoms with Gasteiger partial charge in [-0.25, -0.2) is 0 Å². The minimum Gasteiger partial charge on any atom is -0.356 e. The summed E-state index contributed by atoms with van der Waals surface area (Å²) in [7, 11) is 0. The van der Waals surface area contributed by atoms with Gasteiger partial charge in [-0.3, -0.25) is 14.4 Å². The van der Waals surface area contributed by atoms with Gasteiger partial charge in [0.15, 0.2) is 0 Å². The van der Waals surface area contributed by atoms with E-state index >= 15 is 0 Å². The first kappa shape index (κ1) is 31.4. The summed E-state index contributed by atoms with van der Waals surface area (Å²) in [6.45, 7) is 8.85. The smallest absolute Gasteiger partial charge is 0.232 e. The van der Waals surface area contributed by atoms with Gasteiger partial charge in [-0.15, -0.1) is 0 Å². The van der Waals surface area contributed by atoms with Gasteiger partial charge < -0.3 is 15.5 Å². The molecule has 33 heavy (non-hydrogen) atoms. The Bertz CT molecular complexity index is 481.